The van der Waals surface area contributed by atoms with Crippen LogP contribution in [0.15, 0.2) is 18.2 Å². The highest BCUT2D eigenvalue weighted by atomic mass is 19.1. The van der Waals surface area contributed by atoms with E-state index in [9.17, 15) is 9.18 Å². The number of ether oxygens (including phenoxy) is 1. The quantitative estimate of drug-likeness (QED) is 0.859. The molecule has 1 N–H and O–H groups in total. The van der Waals surface area contributed by atoms with Gasteiger partial charge in [-0.1, -0.05) is 19.9 Å². The van der Waals surface area contributed by atoms with Crippen LogP contribution in [0.25, 0.3) is 0 Å². The minimum Gasteiger partial charge on any atom is -0.481 e. The average Bonchev–Trinajstić information content (AvgIpc) is 2.39. The molecule has 1 amide bonds. The van der Waals surface area contributed by atoms with Crippen LogP contribution in [0.1, 0.15) is 39.2 Å². The fourth-order valence-electron chi connectivity index (χ4n) is 1.72. The molecular formula is C15H22FNO2. The van der Waals surface area contributed by atoms with Crippen molar-refractivity contribution < 1.29 is 13.9 Å². The van der Waals surface area contributed by atoms with Crippen LogP contribution in [0.2, 0.25) is 0 Å². The maximum Gasteiger partial charge on any atom is 0.260 e. The lowest BCUT2D eigenvalue weighted by molar-refractivity contribution is -0.128. The molecule has 1 atom stereocenters. The summed E-state index contributed by atoms with van der Waals surface area (Å²) >= 11 is 0. The van der Waals surface area contributed by atoms with Crippen molar-refractivity contribution in [1.82, 2.24) is 5.32 Å². The molecule has 3 nitrogen and oxygen atoms in total. The monoisotopic (exact) mass is 267 g/mol. The topological polar surface area (TPSA) is 38.3 Å². The molecule has 19 heavy (non-hydrogen) atoms. The summed E-state index contributed by atoms with van der Waals surface area (Å²) < 4.78 is 18.8. The highest BCUT2D eigenvalue weighted by molar-refractivity contribution is 5.81. The van der Waals surface area contributed by atoms with Crippen molar-refractivity contribution in [1.29, 1.82) is 0 Å². The zero-order valence-corrected chi connectivity index (χ0v) is 12.0. The van der Waals surface area contributed by atoms with Crippen molar-refractivity contribution in [2.75, 3.05) is 0 Å². The van der Waals surface area contributed by atoms with Crippen molar-refractivity contribution in [2.45, 2.75) is 52.7 Å². The van der Waals surface area contributed by atoms with Crippen molar-refractivity contribution in [2.24, 2.45) is 0 Å². The van der Waals surface area contributed by atoms with Gasteiger partial charge < -0.3 is 10.1 Å². The summed E-state index contributed by atoms with van der Waals surface area (Å²) in [5.41, 5.74) is 0.557. The van der Waals surface area contributed by atoms with Gasteiger partial charge in [0.15, 0.2) is 6.10 Å². The van der Waals surface area contributed by atoms with E-state index in [4.69, 9.17) is 4.74 Å². The van der Waals surface area contributed by atoms with E-state index < -0.39 is 6.10 Å². The number of aryl methyl sites for hydroxylation is 1. The van der Waals surface area contributed by atoms with Crippen LogP contribution in [0.5, 0.6) is 5.75 Å². The molecule has 106 valence electrons. The summed E-state index contributed by atoms with van der Waals surface area (Å²) in [5.74, 6) is -0.130. The second kappa shape index (κ2) is 7.12. The van der Waals surface area contributed by atoms with Gasteiger partial charge in [0.05, 0.1) is 0 Å². The van der Waals surface area contributed by atoms with Crippen molar-refractivity contribution in [3.05, 3.63) is 29.6 Å². The molecular weight excluding hydrogens is 245 g/mol. The molecule has 0 bridgehead atoms. The summed E-state index contributed by atoms with van der Waals surface area (Å²) in [6, 6.07) is 4.76. The third kappa shape index (κ3) is 4.54. The molecule has 1 unspecified atom stereocenters. The second-order valence-electron chi connectivity index (χ2n) is 4.69. The SMILES string of the molecule is CCC(CC)NC(=O)C(C)Oc1ccc(C)c(F)c1. The Kier molecular flexibility index (Phi) is 5.80. The number of benzene rings is 1. The number of carbonyl (C=O) groups is 1. The number of rotatable bonds is 6. The molecule has 0 spiro atoms. The van der Waals surface area contributed by atoms with Gasteiger partial charge in [0.2, 0.25) is 0 Å². The minimum absolute atomic E-state index is 0.160. The van der Waals surface area contributed by atoms with Gasteiger partial charge in [-0.15, -0.1) is 0 Å². The normalized spacial score (nSPS) is 12.3. The van der Waals surface area contributed by atoms with E-state index in [1.807, 2.05) is 13.8 Å². The molecule has 0 saturated heterocycles. The van der Waals surface area contributed by atoms with Gasteiger partial charge in [0.25, 0.3) is 5.91 Å². The second-order valence-corrected chi connectivity index (χ2v) is 4.69. The summed E-state index contributed by atoms with van der Waals surface area (Å²) in [5, 5.41) is 2.90. The Hall–Kier alpha value is -1.58. The van der Waals surface area contributed by atoms with Crippen LogP contribution in [0.4, 0.5) is 4.39 Å². The molecule has 1 rings (SSSR count). The number of halogens is 1. The zero-order chi connectivity index (χ0) is 14.4. The van der Waals surface area contributed by atoms with Crippen molar-refractivity contribution in [3.8, 4) is 5.75 Å². The molecule has 0 radical (unpaired) electrons. The first kappa shape index (κ1) is 15.5. The third-order valence-corrected chi connectivity index (χ3v) is 3.16. The number of hydrogen-bond acceptors (Lipinski definition) is 2. The highest BCUT2D eigenvalue weighted by Crippen LogP contribution is 2.17. The predicted octanol–water partition coefficient (Wildman–Crippen LogP) is 3.21. The third-order valence-electron chi connectivity index (χ3n) is 3.16. The molecule has 0 aromatic heterocycles. The van der Waals surface area contributed by atoms with E-state index in [2.05, 4.69) is 5.32 Å². The summed E-state index contributed by atoms with van der Waals surface area (Å²) in [6.07, 6.45) is 1.13. The van der Waals surface area contributed by atoms with Crippen LogP contribution in [-0.2, 0) is 4.79 Å². The molecule has 0 aliphatic carbocycles. The molecule has 0 aliphatic rings. The smallest absolute Gasteiger partial charge is 0.260 e. The molecule has 0 fully saturated rings. The molecule has 1 aromatic carbocycles. The average molecular weight is 267 g/mol. The van der Waals surface area contributed by atoms with Crippen LogP contribution < -0.4 is 10.1 Å². The van der Waals surface area contributed by atoms with Gasteiger partial charge in [-0.2, -0.15) is 0 Å². The summed E-state index contributed by atoms with van der Waals surface area (Å²) in [6.45, 7) is 7.39. The van der Waals surface area contributed by atoms with E-state index in [1.165, 1.54) is 6.07 Å². The van der Waals surface area contributed by atoms with Gasteiger partial charge in [0.1, 0.15) is 11.6 Å². The van der Waals surface area contributed by atoms with Gasteiger partial charge in [-0.3, -0.25) is 4.79 Å². The lowest BCUT2D eigenvalue weighted by Gasteiger charge is -2.19. The standard InChI is InChI=1S/C15H22FNO2/c1-5-12(6-2)17-15(18)11(4)19-13-8-7-10(3)14(16)9-13/h7-9,11-12H,5-6H2,1-4H3,(H,17,18). The van der Waals surface area contributed by atoms with E-state index in [-0.39, 0.29) is 17.8 Å². The fourth-order valence-corrected chi connectivity index (χ4v) is 1.72. The van der Waals surface area contributed by atoms with Crippen LogP contribution in [0, 0.1) is 12.7 Å². The number of nitrogens with one attached hydrogen (secondary N) is 1. The molecule has 0 saturated carbocycles. The molecule has 0 heterocycles. The largest absolute Gasteiger partial charge is 0.481 e. The first-order chi connectivity index (χ1) is 8.97. The summed E-state index contributed by atoms with van der Waals surface area (Å²) in [4.78, 5) is 11.9. The van der Waals surface area contributed by atoms with E-state index in [0.717, 1.165) is 12.8 Å². The molecule has 4 heteroatoms. The Morgan fingerprint density at radius 1 is 1.37 bits per heavy atom. The zero-order valence-electron chi connectivity index (χ0n) is 12.0. The van der Waals surface area contributed by atoms with Crippen molar-refractivity contribution >= 4 is 5.91 Å². The number of hydrogen-bond donors (Lipinski definition) is 1. The van der Waals surface area contributed by atoms with Gasteiger partial charge in [-0.05, 0) is 38.3 Å². The summed E-state index contributed by atoms with van der Waals surface area (Å²) in [7, 11) is 0. The Balaban J connectivity index is 2.60. The number of amides is 1. The minimum atomic E-state index is -0.636. The van der Waals surface area contributed by atoms with Crippen LogP contribution >= 0.6 is 0 Å². The first-order valence-corrected chi connectivity index (χ1v) is 6.71. The fraction of sp³-hybridized carbons (Fsp3) is 0.533. The highest BCUT2D eigenvalue weighted by Gasteiger charge is 2.17. The van der Waals surface area contributed by atoms with E-state index in [1.54, 1.807) is 26.0 Å². The van der Waals surface area contributed by atoms with Crippen LogP contribution in [-0.4, -0.2) is 18.1 Å². The Morgan fingerprint density at radius 2 is 2.00 bits per heavy atom. The number of carbonyl (C=O) groups excluding carboxylic acids is 1. The maximum absolute atomic E-state index is 13.4. The Bertz CT molecular complexity index is 430. The molecule has 1 aromatic rings. The molecule has 0 aliphatic heterocycles. The van der Waals surface area contributed by atoms with E-state index in [0.29, 0.717) is 11.3 Å². The van der Waals surface area contributed by atoms with Gasteiger partial charge in [0, 0.05) is 12.1 Å². The Morgan fingerprint density at radius 3 is 2.53 bits per heavy atom. The first-order valence-electron chi connectivity index (χ1n) is 6.71. The lowest BCUT2D eigenvalue weighted by Crippen LogP contribution is -2.42. The van der Waals surface area contributed by atoms with Crippen molar-refractivity contribution in [3.63, 3.8) is 0 Å². The van der Waals surface area contributed by atoms with E-state index >= 15 is 0 Å². The van der Waals surface area contributed by atoms with Gasteiger partial charge in [-0.25, -0.2) is 4.39 Å². The predicted molar refractivity (Wildman–Crippen MR) is 73.7 cm³/mol. The Labute approximate surface area is 114 Å². The lowest BCUT2D eigenvalue weighted by atomic mass is 10.1. The maximum atomic E-state index is 13.4. The van der Waals surface area contributed by atoms with Gasteiger partial charge >= 0.3 is 0 Å². The van der Waals surface area contributed by atoms with Crippen LogP contribution in [0.3, 0.4) is 0 Å².